The van der Waals surface area contributed by atoms with Crippen LogP contribution < -0.4 is 10.6 Å². The average molecular weight is 446 g/mol. The van der Waals surface area contributed by atoms with E-state index in [4.69, 9.17) is 11.6 Å². The summed E-state index contributed by atoms with van der Waals surface area (Å²) >= 11 is 7.10. The van der Waals surface area contributed by atoms with Crippen LogP contribution in [0.1, 0.15) is 19.4 Å². The second kappa shape index (κ2) is 8.16. The Hall–Kier alpha value is -2.39. The number of benzene rings is 2. The number of nitrogens with one attached hydrogen (secondary N) is 2. The standard InChI is InChI=1S/C19H16ClF4N3OS/c1-9(2)16(25-13-5-3-10(7-12(13)20)19(22,23)24)17(28)27-18-26-14-6-4-11(21)8-15(14)29-18/h3-9,16,25H,1-2H3,(H,26,27,28)/t16-/m0/s1. The van der Waals surface area contributed by atoms with Crippen molar-refractivity contribution in [3.8, 4) is 0 Å². The Morgan fingerprint density at radius 3 is 2.52 bits per heavy atom. The third-order valence-electron chi connectivity index (χ3n) is 4.14. The molecule has 0 unspecified atom stereocenters. The molecular weight excluding hydrogens is 430 g/mol. The van der Waals surface area contributed by atoms with Crippen LogP contribution in [-0.4, -0.2) is 16.9 Å². The van der Waals surface area contributed by atoms with Gasteiger partial charge in [0.1, 0.15) is 11.9 Å². The summed E-state index contributed by atoms with van der Waals surface area (Å²) in [5.74, 6) is -1.05. The largest absolute Gasteiger partial charge is 0.416 e. The van der Waals surface area contributed by atoms with E-state index in [2.05, 4.69) is 15.6 Å². The average Bonchev–Trinajstić information content (AvgIpc) is 3.00. The Balaban J connectivity index is 1.79. The van der Waals surface area contributed by atoms with E-state index in [1.54, 1.807) is 13.8 Å². The minimum Gasteiger partial charge on any atom is -0.372 e. The SMILES string of the molecule is CC(C)[C@H](Nc1ccc(C(F)(F)F)cc1Cl)C(=O)Nc1nc2ccc(F)cc2s1. The summed E-state index contributed by atoms with van der Waals surface area (Å²) in [6.07, 6.45) is -4.51. The maximum absolute atomic E-state index is 13.3. The molecule has 10 heteroatoms. The zero-order chi connectivity index (χ0) is 21.3. The van der Waals surface area contributed by atoms with Gasteiger partial charge in [0.2, 0.25) is 5.91 Å². The molecule has 2 aromatic carbocycles. The molecule has 2 N–H and O–H groups in total. The van der Waals surface area contributed by atoms with E-state index in [9.17, 15) is 22.4 Å². The van der Waals surface area contributed by atoms with Crippen molar-refractivity contribution in [2.45, 2.75) is 26.1 Å². The molecule has 154 valence electrons. The molecule has 0 radical (unpaired) electrons. The Morgan fingerprint density at radius 1 is 1.17 bits per heavy atom. The van der Waals surface area contributed by atoms with E-state index in [1.807, 2.05) is 0 Å². The van der Waals surface area contributed by atoms with Crippen LogP contribution in [0.5, 0.6) is 0 Å². The summed E-state index contributed by atoms with van der Waals surface area (Å²) in [5, 5.41) is 5.71. The summed E-state index contributed by atoms with van der Waals surface area (Å²) in [5.41, 5.74) is -0.119. The fourth-order valence-electron chi connectivity index (χ4n) is 2.65. The number of halogens is 5. The first-order chi connectivity index (χ1) is 13.5. The number of hydrogen-bond acceptors (Lipinski definition) is 4. The van der Waals surface area contributed by atoms with Gasteiger partial charge in [0.25, 0.3) is 0 Å². The molecule has 3 aromatic rings. The number of fused-ring (bicyclic) bond motifs is 1. The molecule has 0 aliphatic carbocycles. The first kappa shape index (κ1) is 21.3. The van der Waals surface area contributed by atoms with Crippen LogP contribution in [0.4, 0.5) is 28.4 Å². The van der Waals surface area contributed by atoms with Gasteiger partial charge in [-0.2, -0.15) is 13.2 Å². The Labute approximate surface area is 172 Å². The highest BCUT2D eigenvalue weighted by atomic mass is 35.5. The molecule has 0 saturated carbocycles. The van der Waals surface area contributed by atoms with E-state index < -0.39 is 29.5 Å². The number of carbonyl (C=O) groups excluding carboxylic acids is 1. The highest BCUT2D eigenvalue weighted by molar-refractivity contribution is 7.22. The van der Waals surface area contributed by atoms with Gasteiger partial charge in [-0.1, -0.05) is 36.8 Å². The van der Waals surface area contributed by atoms with Gasteiger partial charge in [-0.3, -0.25) is 4.79 Å². The van der Waals surface area contributed by atoms with Crippen molar-refractivity contribution in [2.75, 3.05) is 10.6 Å². The maximum atomic E-state index is 13.3. The predicted octanol–water partition coefficient (Wildman–Crippen LogP) is 6.18. The third-order valence-corrected chi connectivity index (χ3v) is 5.38. The first-order valence-electron chi connectivity index (χ1n) is 8.55. The molecule has 0 fully saturated rings. The van der Waals surface area contributed by atoms with Crippen molar-refractivity contribution in [3.63, 3.8) is 0 Å². The molecule has 0 spiro atoms. The zero-order valence-corrected chi connectivity index (χ0v) is 16.8. The number of carbonyl (C=O) groups is 1. The van der Waals surface area contributed by atoms with Gasteiger partial charge < -0.3 is 10.6 Å². The van der Waals surface area contributed by atoms with Crippen LogP contribution in [0.2, 0.25) is 5.02 Å². The molecule has 3 rings (SSSR count). The molecule has 4 nitrogen and oxygen atoms in total. The summed E-state index contributed by atoms with van der Waals surface area (Å²) in [6.45, 7) is 3.56. The molecule has 29 heavy (non-hydrogen) atoms. The normalized spacial score (nSPS) is 13.0. The number of thiazole rings is 1. The third kappa shape index (κ3) is 4.97. The number of anilines is 2. The summed E-state index contributed by atoms with van der Waals surface area (Å²) in [7, 11) is 0. The molecule has 0 aliphatic heterocycles. The van der Waals surface area contributed by atoms with Crippen molar-refractivity contribution in [3.05, 3.63) is 52.8 Å². The first-order valence-corrected chi connectivity index (χ1v) is 9.74. The predicted molar refractivity (Wildman–Crippen MR) is 107 cm³/mol. The molecule has 1 aromatic heterocycles. The van der Waals surface area contributed by atoms with E-state index in [0.717, 1.165) is 23.5 Å². The van der Waals surface area contributed by atoms with Gasteiger partial charge in [0.05, 0.1) is 26.5 Å². The smallest absolute Gasteiger partial charge is 0.372 e. The van der Waals surface area contributed by atoms with Crippen molar-refractivity contribution in [2.24, 2.45) is 5.92 Å². The topological polar surface area (TPSA) is 54.0 Å². The molecular formula is C19H16ClF4N3OS. The van der Waals surface area contributed by atoms with Crippen LogP contribution in [0, 0.1) is 11.7 Å². The highest BCUT2D eigenvalue weighted by Crippen LogP contribution is 2.34. The van der Waals surface area contributed by atoms with Crippen LogP contribution in [-0.2, 0) is 11.0 Å². The van der Waals surface area contributed by atoms with Crippen LogP contribution in [0.25, 0.3) is 10.2 Å². The van der Waals surface area contributed by atoms with Gasteiger partial charge in [-0.15, -0.1) is 0 Å². The maximum Gasteiger partial charge on any atom is 0.416 e. The number of aromatic nitrogens is 1. The lowest BCUT2D eigenvalue weighted by Crippen LogP contribution is -2.39. The van der Waals surface area contributed by atoms with E-state index in [0.29, 0.717) is 15.3 Å². The molecule has 0 bridgehead atoms. The van der Waals surface area contributed by atoms with Gasteiger partial charge in [0.15, 0.2) is 5.13 Å². The van der Waals surface area contributed by atoms with Crippen LogP contribution >= 0.6 is 22.9 Å². The molecule has 1 atom stereocenters. The van der Waals surface area contributed by atoms with Gasteiger partial charge in [-0.05, 0) is 42.3 Å². The van der Waals surface area contributed by atoms with Crippen molar-refractivity contribution in [1.82, 2.24) is 4.98 Å². The van der Waals surface area contributed by atoms with E-state index >= 15 is 0 Å². The second-order valence-corrected chi connectivity index (χ2v) is 8.12. The summed E-state index contributed by atoms with van der Waals surface area (Å²) in [6, 6.07) is 6.22. The quantitative estimate of drug-likeness (QED) is 0.461. The number of hydrogen-bond donors (Lipinski definition) is 2. The number of nitrogens with zero attached hydrogens (tertiary/aromatic N) is 1. The number of alkyl halides is 3. The highest BCUT2D eigenvalue weighted by Gasteiger charge is 2.31. The second-order valence-electron chi connectivity index (χ2n) is 6.68. The van der Waals surface area contributed by atoms with Crippen molar-refractivity contribution >= 4 is 49.9 Å². The minimum atomic E-state index is -4.51. The summed E-state index contributed by atoms with van der Waals surface area (Å²) < 4.78 is 52.3. The summed E-state index contributed by atoms with van der Waals surface area (Å²) in [4.78, 5) is 17.0. The molecule has 1 heterocycles. The zero-order valence-electron chi connectivity index (χ0n) is 15.3. The number of amides is 1. The Morgan fingerprint density at radius 2 is 1.90 bits per heavy atom. The molecule has 0 aliphatic rings. The monoisotopic (exact) mass is 445 g/mol. The Kier molecular flexibility index (Phi) is 6.00. The Bertz CT molecular complexity index is 1050. The lowest BCUT2D eigenvalue weighted by Gasteiger charge is -2.23. The van der Waals surface area contributed by atoms with Crippen molar-refractivity contribution < 1.29 is 22.4 Å². The fraction of sp³-hybridized carbons (Fsp3) is 0.263. The van der Waals surface area contributed by atoms with Crippen LogP contribution in [0.3, 0.4) is 0 Å². The van der Waals surface area contributed by atoms with E-state index in [1.165, 1.54) is 24.3 Å². The molecule has 1 amide bonds. The van der Waals surface area contributed by atoms with Crippen LogP contribution in [0.15, 0.2) is 36.4 Å². The molecule has 0 saturated heterocycles. The van der Waals surface area contributed by atoms with Gasteiger partial charge in [0, 0.05) is 0 Å². The van der Waals surface area contributed by atoms with E-state index in [-0.39, 0.29) is 16.6 Å². The van der Waals surface area contributed by atoms with Crippen molar-refractivity contribution in [1.29, 1.82) is 0 Å². The lowest BCUT2D eigenvalue weighted by molar-refractivity contribution is -0.137. The lowest BCUT2D eigenvalue weighted by atomic mass is 10.0. The number of rotatable bonds is 5. The van der Waals surface area contributed by atoms with Gasteiger partial charge >= 0.3 is 6.18 Å². The fourth-order valence-corrected chi connectivity index (χ4v) is 3.77. The minimum absolute atomic E-state index is 0.145. The van der Waals surface area contributed by atoms with Gasteiger partial charge in [-0.25, -0.2) is 9.37 Å².